The third-order valence-electron chi connectivity index (χ3n) is 7.82. The Bertz CT molecular complexity index is 1410. The maximum atomic E-state index is 13.2. The molecule has 11 nitrogen and oxygen atoms in total. The summed E-state index contributed by atoms with van der Waals surface area (Å²) in [5, 5.41) is 0.641. The Labute approximate surface area is 244 Å². The Kier molecular flexibility index (Phi) is 7.83. The standard InChI is InChI=1S/C31H33N5O6/c1-40-25-13-9-24(10-14-25)33-16-18-34(19-17-33)31(39)42-36-29(37)28-22-32(15-20-35(28)30(36)38)21-23-7-11-27(12-8-23)41-26-5-3-2-4-6-26/h2-14,28H,15-22H2,1H3/t28-/m0/s1. The van der Waals surface area contributed by atoms with Gasteiger partial charge in [0.15, 0.2) is 0 Å². The van der Waals surface area contributed by atoms with Gasteiger partial charge in [0.1, 0.15) is 23.3 Å². The van der Waals surface area contributed by atoms with Crippen molar-refractivity contribution in [2.45, 2.75) is 12.6 Å². The molecule has 3 fully saturated rings. The lowest BCUT2D eigenvalue weighted by molar-refractivity contribution is -0.152. The molecule has 11 heteroatoms. The van der Waals surface area contributed by atoms with Crippen molar-refractivity contribution in [3.8, 4) is 17.2 Å². The first-order valence-corrected chi connectivity index (χ1v) is 14.0. The highest BCUT2D eigenvalue weighted by atomic mass is 16.7. The van der Waals surface area contributed by atoms with E-state index in [2.05, 4.69) is 9.80 Å². The van der Waals surface area contributed by atoms with Gasteiger partial charge in [0, 0.05) is 58.0 Å². The van der Waals surface area contributed by atoms with Crippen molar-refractivity contribution in [1.29, 1.82) is 0 Å². The minimum Gasteiger partial charge on any atom is -0.497 e. The number of imide groups is 1. The third kappa shape index (κ3) is 5.82. The fourth-order valence-corrected chi connectivity index (χ4v) is 5.48. The first kappa shape index (κ1) is 27.4. The number of urea groups is 1. The van der Waals surface area contributed by atoms with E-state index >= 15 is 0 Å². The Morgan fingerprint density at radius 1 is 0.786 bits per heavy atom. The summed E-state index contributed by atoms with van der Waals surface area (Å²) < 4.78 is 11.1. The highest BCUT2D eigenvalue weighted by Crippen LogP contribution is 2.26. The molecule has 0 unspecified atom stereocenters. The molecule has 42 heavy (non-hydrogen) atoms. The molecule has 1 atom stereocenters. The number of nitrogens with zero attached hydrogens (tertiary/aromatic N) is 5. The highest BCUT2D eigenvalue weighted by Gasteiger charge is 2.50. The van der Waals surface area contributed by atoms with Gasteiger partial charge in [0.05, 0.1) is 7.11 Å². The fraction of sp³-hybridized carbons (Fsp3) is 0.323. The second kappa shape index (κ2) is 12.0. The van der Waals surface area contributed by atoms with E-state index < -0.39 is 24.1 Å². The quantitative estimate of drug-likeness (QED) is 0.395. The maximum absolute atomic E-state index is 13.2. The van der Waals surface area contributed by atoms with E-state index in [0.717, 1.165) is 28.5 Å². The first-order valence-electron chi connectivity index (χ1n) is 14.0. The molecule has 6 rings (SSSR count). The number of hydroxylamine groups is 2. The topological polar surface area (TPSA) is 95.1 Å². The molecule has 3 saturated heterocycles. The largest absolute Gasteiger partial charge is 0.497 e. The number of methoxy groups -OCH3 is 1. The molecule has 0 radical (unpaired) electrons. The second-order valence-electron chi connectivity index (χ2n) is 10.4. The molecule has 3 aliphatic heterocycles. The predicted molar refractivity (Wildman–Crippen MR) is 154 cm³/mol. The van der Waals surface area contributed by atoms with Crippen LogP contribution in [-0.4, -0.2) is 96.8 Å². The number of rotatable bonds is 7. The molecule has 218 valence electrons. The molecule has 3 aliphatic rings. The number of para-hydroxylation sites is 1. The van der Waals surface area contributed by atoms with Gasteiger partial charge in [0.25, 0.3) is 5.91 Å². The van der Waals surface area contributed by atoms with Crippen LogP contribution in [0, 0.1) is 0 Å². The van der Waals surface area contributed by atoms with Gasteiger partial charge in [-0.1, -0.05) is 35.4 Å². The number of hydrogen-bond acceptors (Lipinski definition) is 8. The molecule has 0 bridgehead atoms. The summed E-state index contributed by atoms with van der Waals surface area (Å²) in [4.78, 5) is 51.8. The van der Waals surface area contributed by atoms with Crippen molar-refractivity contribution in [2.24, 2.45) is 0 Å². The summed E-state index contributed by atoms with van der Waals surface area (Å²) in [6.07, 6.45) is -0.694. The minimum atomic E-state index is -0.694. The van der Waals surface area contributed by atoms with E-state index in [1.165, 1.54) is 9.80 Å². The van der Waals surface area contributed by atoms with Crippen molar-refractivity contribution >= 4 is 23.7 Å². The molecule has 4 amide bonds. The van der Waals surface area contributed by atoms with E-state index in [0.29, 0.717) is 57.4 Å². The lowest BCUT2D eigenvalue weighted by Crippen LogP contribution is -2.52. The summed E-state index contributed by atoms with van der Waals surface area (Å²) in [6.45, 7) is 4.00. The van der Waals surface area contributed by atoms with E-state index in [1.807, 2.05) is 78.9 Å². The van der Waals surface area contributed by atoms with E-state index in [-0.39, 0.29) is 0 Å². The third-order valence-corrected chi connectivity index (χ3v) is 7.82. The normalized spacial score (nSPS) is 19.1. The number of carbonyl (C=O) groups is 3. The molecule has 0 saturated carbocycles. The lowest BCUT2D eigenvalue weighted by atomic mass is 10.1. The zero-order valence-electron chi connectivity index (χ0n) is 23.4. The van der Waals surface area contributed by atoms with Gasteiger partial charge in [-0.2, -0.15) is 0 Å². The summed E-state index contributed by atoms with van der Waals surface area (Å²) >= 11 is 0. The summed E-state index contributed by atoms with van der Waals surface area (Å²) in [5.41, 5.74) is 2.10. The summed E-state index contributed by atoms with van der Waals surface area (Å²) in [5.74, 6) is 1.78. The van der Waals surface area contributed by atoms with Gasteiger partial charge in [-0.05, 0) is 54.1 Å². The lowest BCUT2D eigenvalue weighted by Gasteiger charge is -2.35. The molecule has 3 aromatic carbocycles. The molecule has 0 N–H and O–H groups in total. The van der Waals surface area contributed by atoms with Crippen LogP contribution in [0.15, 0.2) is 78.9 Å². The minimum absolute atomic E-state index is 0.363. The average Bonchev–Trinajstić information content (AvgIpc) is 3.26. The van der Waals surface area contributed by atoms with Gasteiger partial charge in [0.2, 0.25) is 0 Å². The summed E-state index contributed by atoms with van der Waals surface area (Å²) in [6, 6.07) is 23.9. The zero-order chi connectivity index (χ0) is 29.1. The fourth-order valence-electron chi connectivity index (χ4n) is 5.48. The SMILES string of the molecule is COc1ccc(N2CCN(C(=O)ON3C(=O)[C@@H]4CN(Cc5ccc(Oc6ccccc6)cc5)CCN4C3=O)CC2)cc1. The van der Waals surface area contributed by atoms with Gasteiger partial charge < -0.3 is 29.0 Å². The van der Waals surface area contributed by atoms with Crippen molar-refractivity contribution in [1.82, 2.24) is 19.8 Å². The van der Waals surface area contributed by atoms with E-state index in [4.69, 9.17) is 14.3 Å². The van der Waals surface area contributed by atoms with Gasteiger partial charge in [-0.3, -0.25) is 9.69 Å². The van der Waals surface area contributed by atoms with E-state index in [1.54, 1.807) is 7.11 Å². The van der Waals surface area contributed by atoms with Gasteiger partial charge >= 0.3 is 12.1 Å². The molecular weight excluding hydrogens is 538 g/mol. The van der Waals surface area contributed by atoms with Crippen molar-refractivity contribution in [3.05, 3.63) is 84.4 Å². The van der Waals surface area contributed by atoms with Crippen LogP contribution in [0.2, 0.25) is 0 Å². The van der Waals surface area contributed by atoms with Gasteiger partial charge in [-0.25, -0.2) is 9.59 Å². The number of benzene rings is 3. The number of ether oxygens (including phenoxy) is 2. The van der Waals surface area contributed by atoms with Crippen LogP contribution >= 0.6 is 0 Å². The second-order valence-corrected chi connectivity index (χ2v) is 10.4. The molecule has 3 aromatic rings. The Hall–Kier alpha value is -4.77. The first-order chi connectivity index (χ1) is 20.5. The van der Waals surface area contributed by atoms with Crippen LogP contribution in [-0.2, 0) is 16.2 Å². The van der Waals surface area contributed by atoms with Crippen LogP contribution < -0.4 is 14.4 Å². The molecule has 0 aliphatic carbocycles. The molecule has 0 spiro atoms. The number of fused-ring (bicyclic) bond motifs is 1. The van der Waals surface area contributed by atoms with E-state index in [9.17, 15) is 14.4 Å². The Balaban J connectivity index is 1.00. The Morgan fingerprint density at radius 3 is 2.14 bits per heavy atom. The smallest absolute Gasteiger partial charge is 0.434 e. The molecule has 3 heterocycles. The number of hydrogen-bond donors (Lipinski definition) is 0. The zero-order valence-corrected chi connectivity index (χ0v) is 23.4. The number of carbonyl (C=O) groups excluding carboxylic acids is 3. The van der Waals surface area contributed by atoms with Crippen LogP contribution in [0.1, 0.15) is 5.56 Å². The van der Waals surface area contributed by atoms with Crippen molar-refractivity contribution in [3.63, 3.8) is 0 Å². The molecule has 0 aromatic heterocycles. The predicted octanol–water partition coefficient (Wildman–Crippen LogP) is 3.81. The van der Waals surface area contributed by atoms with Crippen molar-refractivity contribution in [2.75, 3.05) is 57.8 Å². The van der Waals surface area contributed by atoms with Crippen LogP contribution in [0.25, 0.3) is 0 Å². The molecular formula is C31H33N5O6. The average molecular weight is 572 g/mol. The Morgan fingerprint density at radius 2 is 1.45 bits per heavy atom. The van der Waals surface area contributed by atoms with Crippen LogP contribution in [0.4, 0.5) is 15.3 Å². The maximum Gasteiger partial charge on any atom is 0.434 e. The van der Waals surface area contributed by atoms with Crippen LogP contribution in [0.5, 0.6) is 17.2 Å². The van der Waals surface area contributed by atoms with Crippen molar-refractivity contribution < 1.29 is 28.7 Å². The number of piperazine rings is 2. The monoisotopic (exact) mass is 571 g/mol. The van der Waals surface area contributed by atoms with Gasteiger partial charge in [-0.15, -0.1) is 0 Å². The highest BCUT2D eigenvalue weighted by molar-refractivity contribution is 6.04. The number of anilines is 1. The number of amides is 4. The summed E-state index contributed by atoms with van der Waals surface area (Å²) in [7, 11) is 1.63. The van der Waals surface area contributed by atoms with Crippen LogP contribution in [0.3, 0.4) is 0 Å².